The highest BCUT2D eigenvalue weighted by Crippen LogP contribution is 2.43. The highest BCUT2D eigenvalue weighted by atomic mass is 32.2. The number of benzene rings is 1. The lowest BCUT2D eigenvalue weighted by molar-refractivity contribution is -0.152. The zero-order valence-electron chi connectivity index (χ0n) is 17.6. The molecule has 162 valence electrons. The first-order valence-corrected chi connectivity index (χ1v) is 11.8. The smallest absolute Gasteiger partial charge is 0.231 e. The quantitative estimate of drug-likeness (QED) is 0.785. The average molecular weight is 433 g/mol. The summed E-state index contributed by atoms with van der Waals surface area (Å²) in [6, 6.07) is 7.41. The number of carbonyl (C=O) groups excluding carboxylic acids is 2. The fourth-order valence-corrected chi connectivity index (χ4v) is 6.64. The molecule has 30 heavy (non-hydrogen) atoms. The first kappa shape index (κ1) is 20.9. The molecule has 0 bridgehead atoms. The number of fused-ring (bicyclic) bond motifs is 2. The van der Waals surface area contributed by atoms with Crippen LogP contribution < -0.4 is 0 Å². The van der Waals surface area contributed by atoms with Gasteiger partial charge >= 0.3 is 0 Å². The molecule has 0 unspecified atom stereocenters. The molecule has 0 radical (unpaired) electrons. The van der Waals surface area contributed by atoms with E-state index in [9.17, 15) is 18.0 Å². The Morgan fingerprint density at radius 1 is 1.27 bits per heavy atom. The lowest BCUT2D eigenvalue weighted by Gasteiger charge is -2.53. The average Bonchev–Trinajstić information content (AvgIpc) is 3.13. The number of hydrogen-bond acceptors (Lipinski definition) is 4. The van der Waals surface area contributed by atoms with Gasteiger partial charge in [0.05, 0.1) is 17.6 Å². The molecule has 1 N–H and O–H groups in total. The van der Waals surface area contributed by atoms with Gasteiger partial charge in [-0.2, -0.15) is 0 Å². The minimum atomic E-state index is -3.38. The Balaban J connectivity index is 1.61. The second kappa shape index (κ2) is 7.39. The third-order valence-electron chi connectivity index (χ3n) is 6.67. The highest BCUT2D eigenvalue weighted by molar-refractivity contribution is 7.89. The molecule has 2 atom stereocenters. The topological polar surface area (TPSA) is 93.8 Å². The lowest BCUT2D eigenvalue weighted by atomic mass is 9.72. The molecule has 2 fully saturated rings. The fraction of sp³-hybridized carbons (Fsp3) is 0.524. The Bertz CT molecular complexity index is 1090. The Morgan fingerprint density at radius 2 is 2.00 bits per heavy atom. The van der Waals surface area contributed by atoms with Crippen LogP contribution >= 0.6 is 0 Å². The Hall–Kier alpha value is -2.39. The third kappa shape index (κ3) is 3.30. The van der Waals surface area contributed by atoms with Gasteiger partial charge in [0, 0.05) is 57.4 Å². The van der Waals surface area contributed by atoms with Crippen molar-refractivity contribution in [3.63, 3.8) is 0 Å². The van der Waals surface area contributed by atoms with Crippen LogP contribution in [-0.4, -0.2) is 85.3 Å². The molecule has 2 aliphatic rings. The number of rotatable bonds is 3. The molecular weight excluding hydrogens is 404 g/mol. The van der Waals surface area contributed by atoms with Crippen LogP contribution in [0.1, 0.15) is 18.4 Å². The first-order chi connectivity index (χ1) is 14.2. The van der Waals surface area contributed by atoms with E-state index in [2.05, 4.69) is 4.98 Å². The summed E-state index contributed by atoms with van der Waals surface area (Å²) in [6.45, 7) is 0.684. The van der Waals surface area contributed by atoms with Gasteiger partial charge in [-0.3, -0.25) is 9.59 Å². The van der Waals surface area contributed by atoms with E-state index in [1.54, 1.807) is 26.0 Å². The Kier molecular flexibility index (Phi) is 5.14. The molecule has 1 aromatic carbocycles. The number of sulfonamides is 1. The predicted octanol–water partition coefficient (Wildman–Crippen LogP) is 1.05. The molecule has 4 rings (SSSR count). The molecular formula is C21H28N4O4S. The fourth-order valence-electron chi connectivity index (χ4n) is 5.03. The summed E-state index contributed by atoms with van der Waals surface area (Å²) in [5.74, 6) is -0.233. The van der Waals surface area contributed by atoms with Crippen molar-refractivity contribution < 1.29 is 18.0 Å². The number of para-hydroxylation sites is 1. The Labute approximate surface area is 176 Å². The van der Waals surface area contributed by atoms with Crippen LogP contribution in [0.5, 0.6) is 0 Å². The first-order valence-electron chi connectivity index (χ1n) is 10.2. The molecule has 2 aromatic rings. The van der Waals surface area contributed by atoms with Crippen LogP contribution in [0.25, 0.3) is 10.9 Å². The van der Waals surface area contributed by atoms with Crippen molar-refractivity contribution in [1.82, 2.24) is 19.1 Å². The summed E-state index contributed by atoms with van der Waals surface area (Å²) >= 11 is 0. The summed E-state index contributed by atoms with van der Waals surface area (Å²) in [7, 11) is 1.55. The van der Waals surface area contributed by atoms with Gasteiger partial charge in [-0.25, -0.2) is 12.7 Å². The normalized spacial score (nSPS) is 26.4. The van der Waals surface area contributed by atoms with E-state index in [0.717, 1.165) is 16.5 Å². The van der Waals surface area contributed by atoms with Crippen LogP contribution in [0, 0.1) is 5.41 Å². The van der Waals surface area contributed by atoms with Crippen LogP contribution in [0.4, 0.5) is 0 Å². The summed E-state index contributed by atoms with van der Waals surface area (Å²) in [6.07, 6.45) is 2.79. The van der Waals surface area contributed by atoms with Gasteiger partial charge in [-0.05, 0) is 24.5 Å². The number of nitrogens with one attached hydrogen (secondary N) is 1. The van der Waals surface area contributed by atoms with Gasteiger partial charge in [0.2, 0.25) is 21.8 Å². The van der Waals surface area contributed by atoms with E-state index in [0.29, 0.717) is 13.0 Å². The van der Waals surface area contributed by atoms with Gasteiger partial charge in [0.25, 0.3) is 0 Å². The SMILES string of the molecule is CN(C)C(=O)[C@]12CCS(=O)(=O)N(C)[C@@H]1CCN(C(=O)Cc1c[nH]c3ccccc13)C2. The van der Waals surface area contributed by atoms with Gasteiger partial charge in [-0.15, -0.1) is 0 Å². The summed E-state index contributed by atoms with van der Waals surface area (Å²) in [5, 5.41) is 1.02. The molecule has 0 spiro atoms. The number of piperidine rings is 1. The summed E-state index contributed by atoms with van der Waals surface area (Å²) < 4.78 is 26.2. The third-order valence-corrected chi connectivity index (χ3v) is 8.52. The number of likely N-dealkylation sites (tertiary alicyclic amines) is 1. The monoisotopic (exact) mass is 432 g/mol. The van der Waals surface area contributed by atoms with Crippen molar-refractivity contribution in [2.45, 2.75) is 25.3 Å². The lowest BCUT2D eigenvalue weighted by Crippen LogP contribution is -2.67. The maximum Gasteiger partial charge on any atom is 0.231 e. The van der Waals surface area contributed by atoms with Crippen LogP contribution in [0.3, 0.4) is 0 Å². The highest BCUT2D eigenvalue weighted by Gasteiger charge is 2.57. The molecule has 9 heteroatoms. The number of aromatic nitrogens is 1. The van der Waals surface area contributed by atoms with Crippen molar-refractivity contribution in [2.24, 2.45) is 5.41 Å². The van der Waals surface area contributed by atoms with E-state index in [1.165, 1.54) is 9.21 Å². The van der Waals surface area contributed by atoms with Gasteiger partial charge in [-0.1, -0.05) is 18.2 Å². The van der Waals surface area contributed by atoms with Crippen molar-refractivity contribution in [2.75, 3.05) is 40.0 Å². The minimum absolute atomic E-state index is 0.0415. The second-order valence-electron chi connectivity index (χ2n) is 8.59. The summed E-state index contributed by atoms with van der Waals surface area (Å²) in [4.78, 5) is 32.9. The van der Waals surface area contributed by atoms with Crippen molar-refractivity contribution in [1.29, 1.82) is 0 Å². The number of nitrogens with zero attached hydrogens (tertiary/aromatic N) is 3. The molecule has 0 saturated carbocycles. The molecule has 2 aliphatic heterocycles. The van der Waals surface area contributed by atoms with E-state index < -0.39 is 21.5 Å². The van der Waals surface area contributed by atoms with Gasteiger partial charge in [0.15, 0.2) is 0 Å². The Morgan fingerprint density at radius 3 is 2.73 bits per heavy atom. The van der Waals surface area contributed by atoms with E-state index in [4.69, 9.17) is 0 Å². The van der Waals surface area contributed by atoms with Gasteiger partial charge < -0.3 is 14.8 Å². The van der Waals surface area contributed by atoms with Crippen LogP contribution in [-0.2, 0) is 26.0 Å². The van der Waals surface area contributed by atoms with E-state index >= 15 is 0 Å². The minimum Gasteiger partial charge on any atom is -0.361 e. The van der Waals surface area contributed by atoms with Crippen molar-refractivity contribution in [3.8, 4) is 0 Å². The van der Waals surface area contributed by atoms with Crippen molar-refractivity contribution >= 4 is 32.7 Å². The zero-order chi connectivity index (χ0) is 21.7. The number of amides is 2. The maximum absolute atomic E-state index is 13.2. The number of H-pyrrole nitrogens is 1. The standard InChI is InChI=1S/C21H28N4O4S/c1-23(2)20(27)21-9-11-30(28,29)24(3)18(21)8-10-25(14-21)19(26)12-15-13-22-17-7-5-4-6-16(15)17/h4-7,13,18,22H,8-12,14H2,1-3H3/t18-,21+/m1/s1. The molecule has 2 saturated heterocycles. The zero-order valence-corrected chi connectivity index (χ0v) is 18.4. The second-order valence-corrected chi connectivity index (χ2v) is 10.7. The summed E-state index contributed by atoms with van der Waals surface area (Å²) in [5.41, 5.74) is 1.00. The predicted molar refractivity (Wildman–Crippen MR) is 114 cm³/mol. The largest absolute Gasteiger partial charge is 0.361 e. The number of carbonyl (C=O) groups is 2. The molecule has 8 nitrogen and oxygen atoms in total. The van der Waals surface area contributed by atoms with Crippen LogP contribution in [0.2, 0.25) is 0 Å². The molecule has 1 aromatic heterocycles. The van der Waals surface area contributed by atoms with Gasteiger partial charge in [0.1, 0.15) is 0 Å². The van der Waals surface area contributed by atoms with E-state index in [-0.39, 0.29) is 37.0 Å². The molecule has 2 amide bonds. The number of hydrogen-bond donors (Lipinski definition) is 1. The van der Waals surface area contributed by atoms with Crippen molar-refractivity contribution in [3.05, 3.63) is 36.0 Å². The number of aromatic amines is 1. The van der Waals surface area contributed by atoms with Crippen LogP contribution in [0.15, 0.2) is 30.5 Å². The molecule has 0 aliphatic carbocycles. The molecule has 3 heterocycles. The maximum atomic E-state index is 13.2. The van der Waals surface area contributed by atoms with E-state index in [1.807, 2.05) is 30.5 Å².